The first-order valence-electron chi connectivity index (χ1n) is 10.2. The Labute approximate surface area is 209 Å². The predicted octanol–water partition coefficient (Wildman–Crippen LogP) is 6.65. The molecule has 1 unspecified atom stereocenters. The quantitative estimate of drug-likeness (QED) is 0.222. The average molecular weight is 640 g/mol. The molecule has 3 heterocycles. The monoisotopic (exact) mass is 640 g/mol. The topological polar surface area (TPSA) is 43.1 Å². The van der Waals surface area contributed by atoms with Crippen molar-refractivity contribution in [3.05, 3.63) is 67.1 Å². The van der Waals surface area contributed by atoms with Crippen LogP contribution in [0, 0.1) is 7.14 Å². The fourth-order valence-electron chi connectivity index (χ4n) is 4.45. The zero-order chi connectivity index (χ0) is 20.7. The summed E-state index contributed by atoms with van der Waals surface area (Å²) in [5.41, 5.74) is 6.12. The Balaban J connectivity index is 1.36. The van der Waals surface area contributed by atoms with E-state index in [0.717, 1.165) is 14.9 Å². The molecule has 0 radical (unpaired) electrons. The number of aromatic nitrogens is 1. The van der Waals surface area contributed by atoms with Crippen LogP contribution in [0.2, 0.25) is 0 Å². The van der Waals surface area contributed by atoms with Crippen molar-refractivity contribution in [2.45, 2.75) is 25.2 Å². The van der Waals surface area contributed by atoms with Gasteiger partial charge in [-0.15, -0.1) is 0 Å². The van der Waals surface area contributed by atoms with Crippen molar-refractivity contribution in [2.24, 2.45) is 0 Å². The van der Waals surface area contributed by atoms with Crippen molar-refractivity contribution in [1.29, 1.82) is 0 Å². The summed E-state index contributed by atoms with van der Waals surface area (Å²) in [6, 6.07) is 12.7. The normalized spacial score (nSPS) is 18.3. The number of anilines is 2. The number of benzene rings is 2. The van der Waals surface area contributed by atoms with Gasteiger partial charge >= 0.3 is 0 Å². The fraction of sp³-hybridized carbons (Fsp3) is 0.261. The molecule has 7 heteroatoms. The van der Waals surface area contributed by atoms with E-state index in [0.29, 0.717) is 11.0 Å². The third-order valence-electron chi connectivity index (χ3n) is 5.92. The van der Waals surface area contributed by atoms with Crippen LogP contribution in [0.5, 0.6) is 0 Å². The molecule has 1 fully saturated rings. The van der Waals surface area contributed by atoms with Gasteiger partial charge in [0.05, 0.1) is 5.69 Å². The van der Waals surface area contributed by atoms with Crippen LogP contribution in [0.1, 0.15) is 30.7 Å². The molecule has 0 amide bonds. The van der Waals surface area contributed by atoms with E-state index in [4.69, 9.17) is 12.2 Å². The molecular formula is C23H22I2N4S. The number of hydrogen-bond donors (Lipinski definition) is 3. The highest BCUT2D eigenvalue weighted by molar-refractivity contribution is 14.1. The summed E-state index contributed by atoms with van der Waals surface area (Å²) in [6.45, 7) is 2.40. The lowest BCUT2D eigenvalue weighted by Crippen LogP contribution is -2.25. The van der Waals surface area contributed by atoms with E-state index in [-0.39, 0.29) is 0 Å². The van der Waals surface area contributed by atoms with Crippen molar-refractivity contribution < 1.29 is 0 Å². The Morgan fingerprint density at radius 3 is 2.87 bits per heavy atom. The highest BCUT2D eigenvalue weighted by Crippen LogP contribution is 2.37. The van der Waals surface area contributed by atoms with Gasteiger partial charge in [-0.1, -0.05) is 6.08 Å². The van der Waals surface area contributed by atoms with Gasteiger partial charge in [-0.25, -0.2) is 0 Å². The van der Waals surface area contributed by atoms with E-state index in [1.807, 2.05) is 0 Å². The highest BCUT2D eigenvalue weighted by Gasteiger charge is 2.25. The van der Waals surface area contributed by atoms with Gasteiger partial charge in [0.2, 0.25) is 0 Å². The van der Waals surface area contributed by atoms with Gasteiger partial charge in [0.1, 0.15) is 0 Å². The summed E-state index contributed by atoms with van der Waals surface area (Å²) in [6.07, 6.45) is 8.38. The molecule has 154 valence electrons. The van der Waals surface area contributed by atoms with Crippen LogP contribution in [0.25, 0.3) is 10.9 Å². The highest BCUT2D eigenvalue weighted by atomic mass is 127. The van der Waals surface area contributed by atoms with Crippen LogP contribution in [0.15, 0.2) is 54.4 Å². The van der Waals surface area contributed by atoms with E-state index >= 15 is 0 Å². The summed E-state index contributed by atoms with van der Waals surface area (Å²) in [4.78, 5) is 6.01. The molecule has 0 saturated carbocycles. The van der Waals surface area contributed by atoms with Crippen molar-refractivity contribution in [2.75, 3.05) is 23.7 Å². The Kier molecular flexibility index (Phi) is 5.94. The second-order valence-electron chi connectivity index (χ2n) is 7.85. The molecule has 2 aliphatic heterocycles. The van der Waals surface area contributed by atoms with Crippen molar-refractivity contribution in [3.8, 4) is 0 Å². The second kappa shape index (κ2) is 8.66. The van der Waals surface area contributed by atoms with E-state index in [1.54, 1.807) is 0 Å². The van der Waals surface area contributed by atoms with Gasteiger partial charge in [-0.05, 0) is 119 Å². The van der Waals surface area contributed by atoms with E-state index in [2.05, 4.69) is 114 Å². The van der Waals surface area contributed by atoms with Gasteiger partial charge in [-0.2, -0.15) is 0 Å². The summed E-state index contributed by atoms with van der Waals surface area (Å²) in [5.74, 6) is 0.483. The minimum Gasteiger partial charge on any atom is -0.375 e. The maximum absolute atomic E-state index is 5.57. The van der Waals surface area contributed by atoms with Gasteiger partial charge in [0.25, 0.3) is 0 Å². The number of fused-ring (bicyclic) bond motifs is 2. The van der Waals surface area contributed by atoms with Gasteiger partial charge in [0.15, 0.2) is 5.11 Å². The number of allylic oxidation sites excluding steroid dienone is 2. The summed E-state index contributed by atoms with van der Waals surface area (Å²) < 4.78 is 2.36. The molecule has 5 rings (SSSR count). The average Bonchev–Trinajstić information content (AvgIpc) is 3.36. The maximum atomic E-state index is 5.57. The number of nitrogens with one attached hydrogen (secondary N) is 3. The first kappa shape index (κ1) is 20.6. The summed E-state index contributed by atoms with van der Waals surface area (Å²) in [7, 11) is 0. The summed E-state index contributed by atoms with van der Waals surface area (Å²) >= 11 is 10.2. The Morgan fingerprint density at radius 1 is 1.10 bits per heavy atom. The molecule has 2 aromatic carbocycles. The van der Waals surface area contributed by atoms with Crippen LogP contribution in [0.4, 0.5) is 11.4 Å². The third-order valence-corrected chi connectivity index (χ3v) is 7.69. The molecule has 1 aromatic heterocycles. The molecule has 4 nitrogen and oxygen atoms in total. The summed E-state index contributed by atoms with van der Waals surface area (Å²) in [5, 5.41) is 8.56. The van der Waals surface area contributed by atoms with Crippen LogP contribution in [0.3, 0.4) is 0 Å². The van der Waals surface area contributed by atoms with Gasteiger partial charge in [-0.3, -0.25) is 0 Å². The van der Waals surface area contributed by atoms with Crippen molar-refractivity contribution in [3.63, 3.8) is 0 Å². The van der Waals surface area contributed by atoms with E-state index < -0.39 is 0 Å². The number of rotatable bonds is 3. The lowest BCUT2D eigenvalue weighted by molar-refractivity contribution is 0.356. The molecule has 3 aromatic rings. The Hall–Kier alpha value is -1.33. The molecule has 3 N–H and O–H groups in total. The standard InChI is InChI=1S/C23H22I2N4S/c24-15-3-5-22(20(25)11-15)28-23(30)27-16-4-6-21-18(12-16)19(13-26-21)14-7-9-29-8-1-2-17(29)10-14/h3-6,10-14,26H,1-2,7-9H2,(H2,27,28,30). The minimum absolute atomic E-state index is 0.483. The van der Waals surface area contributed by atoms with Crippen molar-refractivity contribution in [1.82, 2.24) is 9.88 Å². The van der Waals surface area contributed by atoms with Crippen molar-refractivity contribution >= 4 is 84.8 Å². The molecule has 1 atom stereocenters. The predicted molar refractivity (Wildman–Crippen MR) is 146 cm³/mol. The molecule has 1 saturated heterocycles. The fourth-order valence-corrected chi connectivity index (χ4v) is 6.42. The lowest BCUT2D eigenvalue weighted by Gasteiger charge is -2.28. The molecule has 2 aliphatic rings. The Morgan fingerprint density at radius 2 is 2.00 bits per heavy atom. The van der Waals surface area contributed by atoms with Crippen LogP contribution in [-0.2, 0) is 0 Å². The molecule has 0 aliphatic carbocycles. The molecule has 30 heavy (non-hydrogen) atoms. The largest absolute Gasteiger partial charge is 0.375 e. The maximum Gasteiger partial charge on any atom is 0.175 e. The lowest BCUT2D eigenvalue weighted by atomic mass is 9.91. The zero-order valence-electron chi connectivity index (χ0n) is 16.3. The third kappa shape index (κ3) is 4.20. The number of nitrogens with zero attached hydrogens (tertiary/aromatic N) is 1. The smallest absolute Gasteiger partial charge is 0.175 e. The molecule has 0 spiro atoms. The van der Waals surface area contributed by atoms with Crippen LogP contribution < -0.4 is 10.6 Å². The number of aromatic amines is 1. The molecule has 0 bridgehead atoms. The number of H-pyrrole nitrogens is 1. The first-order chi connectivity index (χ1) is 14.6. The first-order valence-corrected chi connectivity index (χ1v) is 12.7. The zero-order valence-corrected chi connectivity index (χ0v) is 21.5. The van der Waals surface area contributed by atoms with Gasteiger partial charge in [0, 0.05) is 54.6 Å². The van der Waals surface area contributed by atoms with Gasteiger partial charge < -0.3 is 20.5 Å². The van der Waals surface area contributed by atoms with E-state index in [1.165, 1.54) is 58.1 Å². The number of thiocarbonyl (C=S) groups is 1. The minimum atomic E-state index is 0.483. The van der Waals surface area contributed by atoms with E-state index in [9.17, 15) is 0 Å². The van der Waals surface area contributed by atoms with Crippen LogP contribution in [-0.4, -0.2) is 28.1 Å². The molecular weight excluding hydrogens is 618 g/mol. The van der Waals surface area contributed by atoms with Crippen LogP contribution >= 0.6 is 57.4 Å². The second-order valence-corrected chi connectivity index (χ2v) is 10.7. The SMILES string of the molecule is S=C(Nc1ccc2[nH]cc(C3C=C4CCCN4CC3)c2c1)Nc1ccc(I)cc1I. The number of hydrogen-bond acceptors (Lipinski definition) is 2. The number of halogens is 2. The Bertz CT molecular complexity index is 1150.